The van der Waals surface area contributed by atoms with Crippen LogP contribution in [-0.2, 0) is 6.61 Å². The Hall–Kier alpha value is -4.26. The zero-order valence-corrected chi connectivity index (χ0v) is 17.8. The van der Waals surface area contributed by atoms with E-state index in [2.05, 4.69) is 9.97 Å². The number of anilines is 1. The average molecular weight is 429 g/mol. The van der Waals surface area contributed by atoms with Crippen molar-refractivity contribution < 1.29 is 19.3 Å². The summed E-state index contributed by atoms with van der Waals surface area (Å²) in [5.74, 6) is 1.87. The molecule has 1 aromatic heterocycles. The first kappa shape index (κ1) is 21.0. The van der Waals surface area contributed by atoms with Gasteiger partial charge in [-0.3, -0.25) is 0 Å². The van der Waals surface area contributed by atoms with E-state index in [1.807, 2.05) is 42.5 Å². The van der Waals surface area contributed by atoms with Gasteiger partial charge in [0.1, 0.15) is 18.1 Å². The molecule has 0 unspecified atom stereocenters. The van der Waals surface area contributed by atoms with Gasteiger partial charge in [-0.2, -0.15) is 0 Å². The quantitative estimate of drug-likeness (QED) is 0.439. The molecule has 32 heavy (non-hydrogen) atoms. The maximum atomic E-state index is 10.6. The van der Waals surface area contributed by atoms with Gasteiger partial charge in [0.2, 0.25) is 5.95 Å². The Morgan fingerprint density at radius 1 is 0.812 bits per heavy atom. The number of nitrogens with two attached hydrogens (primary N) is 1. The Morgan fingerprint density at radius 2 is 1.56 bits per heavy atom. The lowest BCUT2D eigenvalue weighted by Gasteiger charge is -2.12. The number of phenolic OH excluding ortho intramolecular Hbond substituents is 1. The van der Waals surface area contributed by atoms with Gasteiger partial charge in [-0.25, -0.2) is 9.97 Å². The third kappa shape index (κ3) is 4.57. The molecule has 162 valence electrons. The van der Waals surface area contributed by atoms with Gasteiger partial charge in [0.15, 0.2) is 11.5 Å². The highest BCUT2D eigenvalue weighted by Gasteiger charge is 2.13. The minimum absolute atomic E-state index is 0.0342. The van der Waals surface area contributed by atoms with Crippen LogP contribution in [0.15, 0.2) is 72.8 Å². The fraction of sp³-hybridized carbons (Fsp3) is 0.120. The Kier molecular flexibility index (Phi) is 6.07. The second-order valence-corrected chi connectivity index (χ2v) is 7.02. The van der Waals surface area contributed by atoms with Crippen LogP contribution in [0, 0.1) is 0 Å². The Bertz CT molecular complexity index is 1230. The molecule has 0 aliphatic carbocycles. The molecule has 0 bridgehead atoms. The topological polar surface area (TPSA) is 99.7 Å². The third-order valence-corrected chi connectivity index (χ3v) is 4.92. The fourth-order valence-corrected chi connectivity index (χ4v) is 3.31. The molecule has 0 radical (unpaired) electrons. The van der Waals surface area contributed by atoms with Crippen molar-refractivity contribution in [3.05, 3.63) is 78.4 Å². The minimum Gasteiger partial charge on any atom is -0.507 e. The highest BCUT2D eigenvalue weighted by molar-refractivity contribution is 5.74. The Morgan fingerprint density at radius 3 is 2.28 bits per heavy atom. The summed E-state index contributed by atoms with van der Waals surface area (Å²) in [5, 5.41) is 10.6. The van der Waals surface area contributed by atoms with Crippen LogP contribution in [-0.4, -0.2) is 29.3 Å². The monoisotopic (exact) mass is 429 g/mol. The summed E-state index contributed by atoms with van der Waals surface area (Å²) >= 11 is 0. The van der Waals surface area contributed by atoms with Gasteiger partial charge in [-0.05, 0) is 42.0 Å². The summed E-state index contributed by atoms with van der Waals surface area (Å²) in [6.07, 6.45) is 0. The van der Waals surface area contributed by atoms with Gasteiger partial charge in [-0.15, -0.1) is 0 Å². The van der Waals surface area contributed by atoms with E-state index < -0.39 is 0 Å². The molecular weight excluding hydrogens is 406 g/mol. The first-order valence-electron chi connectivity index (χ1n) is 9.94. The van der Waals surface area contributed by atoms with E-state index in [-0.39, 0.29) is 11.7 Å². The largest absolute Gasteiger partial charge is 0.507 e. The van der Waals surface area contributed by atoms with Crippen molar-refractivity contribution in [2.24, 2.45) is 0 Å². The zero-order valence-electron chi connectivity index (χ0n) is 17.8. The third-order valence-electron chi connectivity index (χ3n) is 4.92. The first-order chi connectivity index (χ1) is 15.6. The molecule has 3 N–H and O–H groups in total. The van der Waals surface area contributed by atoms with Gasteiger partial charge in [-0.1, -0.05) is 30.3 Å². The van der Waals surface area contributed by atoms with Crippen LogP contribution in [0.1, 0.15) is 5.56 Å². The van der Waals surface area contributed by atoms with Gasteiger partial charge in [0, 0.05) is 17.2 Å². The summed E-state index contributed by atoms with van der Waals surface area (Å²) in [5.41, 5.74) is 9.40. The standard InChI is InChI=1S/C25H23N3O4/c1-30-23-11-8-17(12-24(23)31-2)20-14-21(28-25(26)27-20)19-10-9-18(13-22(19)29)32-15-16-6-4-3-5-7-16/h3-14,29H,15H2,1-2H3,(H2,26,27,28). The van der Waals surface area contributed by atoms with E-state index in [4.69, 9.17) is 19.9 Å². The molecule has 4 rings (SSSR count). The highest BCUT2D eigenvalue weighted by atomic mass is 16.5. The number of rotatable bonds is 7. The van der Waals surface area contributed by atoms with Crippen LogP contribution in [0.4, 0.5) is 5.95 Å². The minimum atomic E-state index is 0.0342. The number of aromatic hydroxyl groups is 1. The summed E-state index contributed by atoms with van der Waals surface area (Å²) in [6, 6.07) is 22.1. The smallest absolute Gasteiger partial charge is 0.221 e. The summed E-state index contributed by atoms with van der Waals surface area (Å²) in [7, 11) is 3.15. The fourth-order valence-electron chi connectivity index (χ4n) is 3.31. The van der Waals surface area contributed by atoms with Gasteiger partial charge in [0.05, 0.1) is 25.6 Å². The first-order valence-corrected chi connectivity index (χ1v) is 9.94. The van der Waals surface area contributed by atoms with Crippen molar-refractivity contribution in [3.8, 4) is 45.5 Å². The average Bonchev–Trinajstić information content (AvgIpc) is 2.82. The van der Waals surface area contributed by atoms with Crippen molar-refractivity contribution >= 4 is 5.95 Å². The number of nitrogens with zero attached hydrogens (tertiary/aromatic N) is 2. The van der Waals surface area contributed by atoms with Crippen LogP contribution in [0.25, 0.3) is 22.5 Å². The van der Waals surface area contributed by atoms with Crippen molar-refractivity contribution in [2.75, 3.05) is 20.0 Å². The number of methoxy groups -OCH3 is 2. The van der Waals surface area contributed by atoms with Crippen molar-refractivity contribution in [1.82, 2.24) is 9.97 Å². The SMILES string of the molecule is COc1ccc(-c2cc(-c3ccc(OCc4ccccc4)cc3O)nc(N)n2)cc1OC. The molecular formula is C25H23N3O4. The number of ether oxygens (including phenoxy) is 3. The van der Waals surface area contributed by atoms with Crippen LogP contribution < -0.4 is 19.9 Å². The summed E-state index contributed by atoms with van der Waals surface area (Å²) < 4.78 is 16.5. The molecule has 0 aliphatic rings. The Labute approximate surface area is 186 Å². The van der Waals surface area contributed by atoms with Gasteiger partial charge >= 0.3 is 0 Å². The predicted octanol–water partition coefficient (Wildman–Crippen LogP) is 4.69. The molecule has 0 atom stereocenters. The number of hydrogen-bond donors (Lipinski definition) is 2. The predicted molar refractivity (Wildman–Crippen MR) is 123 cm³/mol. The van der Waals surface area contributed by atoms with Crippen LogP contribution in [0.3, 0.4) is 0 Å². The van der Waals surface area contributed by atoms with Crippen LogP contribution in [0.5, 0.6) is 23.0 Å². The number of nitrogen functional groups attached to an aromatic ring is 1. The van der Waals surface area contributed by atoms with Crippen molar-refractivity contribution in [2.45, 2.75) is 6.61 Å². The Balaban J connectivity index is 1.62. The molecule has 1 heterocycles. The van der Waals surface area contributed by atoms with Crippen LogP contribution >= 0.6 is 0 Å². The van der Waals surface area contributed by atoms with E-state index in [9.17, 15) is 5.11 Å². The second kappa shape index (κ2) is 9.26. The summed E-state index contributed by atoms with van der Waals surface area (Å²) in [6.45, 7) is 0.406. The molecule has 4 aromatic rings. The van der Waals surface area contributed by atoms with E-state index in [0.717, 1.165) is 11.1 Å². The molecule has 0 fully saturated rings. The number of hydrogen-bond acceptors (Lipinski definition) is 7. The van der Waals surface area contributed by atoms with E-state index >= 15 is 0 Å². The number of aromatic nitrogens is 2. The van der Waals surface area contributed by atoms with Crippen molar-refractivity contribution in [3.63, 3.8) is 0 Å². The molecule has 7 heteroatoms. The van der Waals surface area contributed by atoms with E-state index in [1.54, 1.807) is 44.6 Å². The summed E-state index contributed by atoms with van der Waals surface area (Å²) in [4.78, 5) is 8.63. The molecule has 7 nitrogen and oxygen atoms in total. The zero-order chi connectivity index (χ0) is 22.5. The maximum absolute atomic E-state index is 10.6. The van der Waals surface area contributed by atoms with Crippen LogP contribution in [0.2, 0.25) is 0 Å². The normalized spacial score (nSPS) is 10.6. The van der Waals surface area contributed by atoms with Gasteiger partial charge < -0.3 is 25.1 Å². The van der Waals surface area contributed by atoms with Gasteiger partial charge in [0.25, 0.3) is 0 Å². The lowest BCUT2D eigenvalue weighted by atomic mass is 10.1. The second-order valence-electron chi connectivity index (χ2n) is 7.02. The molecule has 0 aliphatic heterocycles. The molecule has 0 saturated heterocycles. The molecule has 3 aromatic carbocycles. The molecule has 0 saturated carbocycles. The molecule has 0 amide bonds. The lowest BCUT2D eigenvalue weighted by molar-refractivity contribution is 0.304. The lowest BCUT2D eigenvalue weighted by Crippen LogP contribution is -2.00. The number of benzene rings is 3. The van der Waals surface area contributed by atoms with Crippen molar-refractivity contribution in [1.29, 1.82) is 0 Å². The van der Waals surface area contributed by atoms with E-state index in [1.165, 1.54) is 0 Å². The number of phenols is 1. The highest BCUT2D eigenvalue weighted by Crippen LogP contribution is 2.36. The maximum Gasteiger partial charge on any atom is 0.221 e. The molecule has 0 spiro atoms. The van der Waals surface area contributed by atoms with E-state index in [0.29, 0.717) is 40.8 Å².